The summed E-state index contributed by atoms with van der Waals surface area (Å²) in [5.41, 5.74) is 1.37. The second-order valence-electron chi connectivity index (χ2n) is 6.31. The van der Waals surface area contributed by atoms with Crippen LogP contribution in [0.4, 0.5) is 23.7 Å². The van der Waals surface area contributed by atoms with E-state index in [9.17, 15) is 18.0 Å². The normalized spacial score (nSPS) is 12.6. The minimum absolute atomic E-state index is 0.174. The number of nitrogens with zero attached hydrogens (tertiary/aromatic N) is 2. The van der Waals surface area contributed by atoms with Crippen molar-refractivity contribution in [3.05, 3.63) is 69.7 Å². The van der Waals surface area contributed by atoms with E-state index in [1.165, 1.54) is 12.1 Å². The van der Waals surface area contributed by atoms with Gasteiger partial charge in [0.25, 0.3) is 0 Å². The maximum Gasteiger partial charge on any atom is 0.416 e. The number of hydrogen-bond donors (Lipinski definition) is 2. The molecule has 9 heteroatoms. The number of carbonyl (C=O) groups is 1. The number of benzene rings is 1. The molecule has 1 atom stereocenters. The van der Waals surface area contributed by atoms with Crippen molar-refractivity contribution >= 4 is 23.1 Å². The fourth-order valence-electron chi connectivity index (χ4n) is 2.86. The third-order valence-corrected chi connectivity index (χ3v) is 5.11. The smallest absolute Gasteiger partial charge is 0.335 e. The van der Waals surface area contributed by atoms with Crippen LogP contribution in [0.25, 0.3) is 0 Å². The van der Waals surface area contributed by atoms with Gasteiger partial charge in [-0.1, -0.05) is 6.07 Å². The SMILES string of the molecule is Cc1cc(C)n(C(CNC(=O)Nc2ccc(C(F)(F)F)cc2)c2cccs2)n1. The molecule has 2 amide bonds. The van der Waals surface area contributed by atoms with Crippen LogP contribution in [0.1, 0.15) is 27.9 Å². The van der Waals surface area contributed by atoms with Gasteiger partial charge in [-0.3, -0.25) is 4.68 Å². The number of hydrogen-bond acceptors (Lipinski definition) is 3. The van der Waals surface area contributed by atoms with Crippen LogP contribution < -0.4 is 10.6 Å². The van der Waals surface area contributed by atoms with E-state index >= 15 is 0 Å². The molecule has 28 heavy (non-hydrogen) atoms. The lowest BCUT2D eigenvalue weighted by Crippen LogP contribution is -2.34. The number of amides is 2. The van der Waals surface area contributed by atoms with Crippen LogP contribution >= 0.6 is 11.3 Å². The lowest BCUT2D eigenvalue weighted by Gasteiger charge is -2.19. The number of halogens is 3. The van der Waals surface area contributed by atoms with Gasteiger partial charge in [-0.2, -0.15) is 18.3 Å². The molecular weight excluding hydrogens is 389 g/mol. The number of alkyl halides is 3. The molecule has 1 unspecified atom stereocenters. The van der Waals surface area contributed by atoms with Gasteiger partial charge in [0.1, 0.15) is 6.04 Å². The molecule has 0 radical (unpaired) electrons. The van der Waals surface area contributed by atoms with Gasteiger partial charge >= 0.3 is 12.2 Å². The van der Waals surface area contributed by atoms with Crippen molar-refractivity contribution in [3.8, 4) is 0 Å². The number of rotatable bonds is 5. The summed E-state index contributed by atoms with van der Waals surface area (Å²) in [6.45, 7) is 4.14. The summed E-state index contributed by atoms with van der Waals surface area (Å²) in [5.74, 6) is 0. The first-order valence-electron chi connectivity index (χ1n) is 8.52. The van der Waals surface area contributed by atoms with Crippen molar-refractivity contribution in [1.29, 1.82) is 0 Å². The van der Waals surface area contributed by atoms with Gasteiger partial charge in [0, 0.05) is 22.8 Å². The molecule has 0 fully saturated rings. The van der Waals surface area contributed by atoms with Gasteiger partial charge in [-0.05, 0) is 55.6 Å². The van der Waals surface area contributed by atoms with E-state index in [4.69, 9.17) is 0 Å². The van der Waals surface area contributed by atoms with E-state index in [1.807, 2.05) is 42.1 Å². The molecule has 0 saturated carbocycles. The number of carbonyl (C=O) groups excluding carboxylic acids is 1. The van der Waals surface area contributed by atoms with Crippen LogP contribution in [0.3, 0.4) is 0 Å². The summed E-state index contributed by atoms with van der Waals surface area (Å²) >= 11 is 1.56. The Balaban J connectivity index is 1.66. The zero-order valence-corrected chi connectivity index (χ0v) is 16.1. The molecule has 0 bridgehead atoms. The maximum absolute atomic E-state index is 12.6. The summed E-state index contributed by atoms with van der Waals surface area (Å²) in [7, 11) is 0. The monoisotopic (exact) mass is 408 g/mol. The van der Waals surface area contributed by atoms with E-state index in [0.717, 1.165) is 28.4 Å². The van der Waals surface area contributed by atoms with E-state index in [0.29, 0.717) is 0 Å². The molecule has 0 spiro atoms. The highest BCUT2D eigenvalue weighted by Crippen LogP contribution is 2.30. The van der Waals surface area contributed by atoms with Crippen molar-refractivity contribution in [2.45, 2.75) is 26.1 Å². The Bertz CT molecular complexity index is 933. The number of anilines is 1. The first-order chi connectivity index (χ1) is 13.2. The zero-order valence-electron chi connectivity index (χ0n) is 15.2. The van der Waals surface area contributed by atoms with Crippen molar-refractivity contribution in [3.63, 3.8) is 0 Å². The van der Waals surface area contributed by atoms with Crippen molar-refractivity contribution < 1.29 is 18.0 Å². The van der Waals surface area contributed by atoms with Gasteiger partial charge in [-0.15, -0.1) is 11.3 Å². The average Bonchev–Trinajstić information content (AvgIpc) is 3.25. The van der Waals surface area contributed by atoms with Crippen LogP contribution in [-0.2, 0) is 6.18 Å². The summed E-state index contributed by atoms with van der Waals surface area (Å²) in [6, 6.07) is 9.50. The summed E-state index contributed by atoms with van der Waals surface area (Å²) in [6.07, 6.45) is -4.41. The minimum atomic E-state index is -4.41. The van der Waals surface area contributed by atoms with Gasteiger partial charge in [-0.25, -0.2) is 4.79 Å². The van der Waals surface area contributed by atoms with Crippen molar-refractivity contribution in [2.75, 3.05) is 11.9 Å². The van der Waals surface area contributed by atoms with Gasteiger partial charge in [0.2, 0.25) is 0 Å². The van der Waals surface area contributed by atoms with Gasteiger partial charge in [0.15, 0.2) is 0 Å². The topological polar surface area (TPSA) is 59.0 Å². The molecule has 5 nitrogen and oxygen atoms in total. The highest BCUT2D eigenvalue weighted by molar-refractivity contribution is 7.10. The summed E-state index contributed by atoms with van der Waals surface area (Å²) in [5, 5.41) is 11.8. The fraction of sp³-hybridized carbons (Fsp3) is 0.263. The molecule has 0 saturated heterocycles. The summed E-state index contributed by atoms with van der Waals surface area (Å²) < 4.78 is 39.7. The second kappa shape index (κ2) is 8.05. The zero-order chi connectivity index (χ0) is 20.3. The molecule has 0 aliphatic rings. The fourth-order valence-corrected chi connectivity index (χ4v) is 3.67. The average molecular weight is 408 g/mol. The van der Waals surface area contributed by atoms with E-state index < -0.39 is 17.8 Å². The number of urea groups is 1. The van der Waals surface area contributed by atoms with Crippen LogP contribution in [0.5, 0.6) is 0 Å². The van der Waals surface area contributed by atoms with Crippen LogP contribution in [-0.4, -0.2) is 22.4 Å². The van der Waals surface area contributed by atoms with E-state index in [1.54, 1.807) is 11.3 Å². The van der Waals surface area contributed by atoms with Crippen molar-refractivity contribution in [2.24, 2.45) is 0 Å². The molecule has 3 aromatic rings. The molecule has 1 aromatic carbocycles. The Kier molecular flexibility index (Phi) is 5.73. The molecule has 2 heterocycles. The highest BCUT2D eigenvalue weighted by Gasteiger charge is 2.30. The predicted molar refractivity (Wildman–Crippen MR) is 103 cm³/mol. The van der Waals surface area contributed by atoms with Crippen LogP contribution in [0.2, 0.25) is 0 Å². The second-order valence-corrected chi connectivity index (χ2v) is 7.29. The number of aryl methyl sites for hydroxylation is 2. The van der Waals surface area contributed by atoms with Crippen LogP contribution in [0, 0.1) is 13.8 Å². The first-order valence-corrected chi connectivity index (χ1v) is 9.40. The Morgan fingerprint density at radius 1 is 1.21 bits per heavy atom. The predicted octanol–water partition coefficient (Wildman–Crippen LogP) is 4.99. The quantitative estimate of drug-likeness (QED) is 0.625. The van der Waals surface area contributed by atoms with Crippen LogP contribution in [0.15, 0.2) is 47.8 Å². The highest BCUT2D eigenvalue weighted by atomic mass is 32.1. The number of nitrogens with one attached hydrogen (secondary N) is 2. The Morgan fingerprint density at radius 2 is 1.93 bits per heavy atom. The Morgan fingerprint density at radius 3 is 2.46 bits per heavy atom. The third kappa shape index (κ3) is 4.72. The molecule has 0 aliphatic carbocycles. The largest absolute Gasteiger partial charge is 0.416 e. The van der Waals surface area contributed by atoms with E-state index in [-0.39, 0.29) is 18.3 Å². The molecular formula is C19H19F3N4OS. The van der Waals surface area contributed by atoms with Gasteiger partial charge < -0.3 is 10.6 Å². The van der Waals surface area contributed by atoms with Gasteiger partial charge in [0.05, 0.1) is 11.3 Å². The lowest BCUT2D eigenvalue weighted by molar-refractivity contribution is -0.137. The molecule has 3 rings (SSSR count). The molecule has 0 aliphatic heterocycles. The molecule has 148 valence electrons. The minimum Gasteiger partial charge on any atom is -0.335 e. The molecule has 2 aromatic heterocycles. The summed E-state index contributed by atoms with van der Waals surface area (Å²) in [4.78, 5) is 13.3. The first kappa shape index (κ1) is 19.9. The molecule has 2 N–H and O–H groups in total. The number of aromatic nitrogens is 2. The Hall–Kier alpha value is -2.81. The third-order valence-electron chi connectivity index (χ3n) is 4.14. The van der Waals surface area contributed by atoms with E-state index in [2.05, 4.69) is 15.7 Å². The number of thiophene rings is 1. The standard InChI is InChI=1S/C19H19F3N4OS/c1-12-10-13(2)26(25-12)16(17-4-3-9-28-17)11-23-18(27)24-15-7-5-14(6-8-15)19(20,21)22/h3-10,16H,11H2,1-2H3,(H2,23,24,27). The Labute approximate surface area is 164 Å². The lowest BCUT2D eigenvalue weighted by atomic mass is 10.2. The maximum atomic E-state index is 12.6. The van der Waals surface area contributed by atoms with Crippen molar-refractivity contribution in [1.82, 2.24) is 15.1 Å².